The number of guanidine groups is 1. The fourth-order valence-corrected chi connectivity index (χ4v) is 5.65. The van der Waals surface area contributed by atoms with Crippen molar-refractivity contribution in [3.8, 4) is 0 Å². The monoisotopic (exact) mass is 397 g/mol. The molecule has 3 atom stereocenters. The molecule has 0 aliphatic carbocycles. The topological polar surface area (TPSA) is 34.1 Å². The van der Waals surface area contributed by atoms with E-state index in [4.69, 9.17) is 0 Å². The van der Waals surface area contributed by atoms with Crippen molar-refractivity contribution in [2.45, 2.75) is 45.2 Å². The lowest BCUT2D eigenvalue weighted by atomic mass is 9.83. The molecule has 0 saturated carbocycles. The molecule has 3 unspecified atom stereocenters. The Bertz CT molecular complexity index is 660. The molecule has 0 spiro atoms. The molecule has 160 valence electrons. The Labute approximate surface area is 177 Å². The Kier molecular flexibility index (Phi) is 7.09. The molecule has 0 bridgehead atoms. The van der Waals surface area contributed by atoms with Crippen LogP contribution in [0.1, 0.15) is 38.2 Å². The summed E-state index contributed by atoms with van der Waals surface area (Å²) in [6.07, 6.45) is 5.25. The van der Waals surface area contributed by atoms with E-state index in [2.05, 4.69) is 62.3 Å². The van der Waals surface area contributed by atoms with Crippen molar-refractivity contribution in [1.82, 2.24) is 20.0 Å². The van der Waals surface area contributed by atoms with Crippen LogP contribution in [-0.4, -0.2) is 79.6 Å². The van der Waals surface area contributed by atoms with Gasteiger partial charge in [0.15, 0.2) is 5.96 Å². The standard InChI is InChI=1S/C24H39N5/c1-3-27-14-11-21(17-27)16-26-24(25-2)29-15-12-23-22(19-29)10-7-13-28(23)18-20-8-5-4-6-9-20/h4-6,8-9,21-23H,3,7,10-19H2,1-2H3,(H,25,26). The third-order valence-corrected chi connectivity index (χ3v) is 7.29. The number of likely N-dealkylation sites (tertiary alicyclic amines) is 3. The minimum Gasteiger partial charge on any atom is -0.356 e. The highest BCUT2D eigenvalue weighted by atomic mass is 15.3. The number of hydrogen-bond acceptors (Lipinski definition) is 3. The number of aliphatic imine (C=N–C) groups is 1. The maximum Gasteiger partial charge on any atom is 0.193 e. The average molecular weight is 398 g/mol. The van der Waals surface area contributed by atoms with Crippen LogP contribution in [-0.2, 0) is 6.54 Å². The molecule has 3 saturated heterocycles. The molecule has 29 heavy (non-hydrogen) atoms. The molecule has 1 aromatic carbocycles. The highest BCUT2D eigenvalue weighted by Gasteiger charge is 2.36. The van der Waals surface area contributed by atoms with E-state index in [-0.39, 0.29) is 0 Å². The number of nitrogens with zero attached hydrogens (tertiary/aromatic N) is 4. The Morgan fingerprint density at radius 2 is 1.93 bits per heavy atom. The lowest BCUT2D eigenvalue weighted by Crippen LogP contribution is -2.57. The summed E-state index contributed by atoms with van der Waals surface area (Å²) in [6, 6.07) is 11.7. The van der Waals surface area contributed by atoms with Gasteiger partial charge in [-0.25, -0.2) is 0 Å². The minimum atomic E-state index is 0.728. The van der Waals surface area contributed by atoms with Crippen molar-refractivity contribution in [2.24, 2.45) is 16.8 Å². The summed E-state index contributed by atoms with van der Waals surface area (Å²) >= 11 is 0. The molecule has 3 fully saturated rings. The normalized spacial score (nSPS) is 29.1. The third kappa shape index (κ3) is 5.13. The first-order valence-electron chi connectivity index (χ1n) is 11.7. The second kappa shape index (κ2) is 9.94. The van der Waals surface area contributed by atoms with Gasteiger partial charge in [0.05, 0.1) is 0 Å². The summed E-state index contributed by atoms with van der Waals surface area (Å²) in [5.74, 6) is 2.65. The highest BCUT2D eigenvalue weighted by molar-refractivity contribution is 5.80. The van der Waals surface area contributed by atoms with E-state index in [9.17, 15) is 0 Å². The fourth-order valence-electron chi connectivity index (χ4n) is 5.65. The van der Waals surface area contributed by atoms with Gasteiger partial charge in [0, 0.05) is 45.8 Å². The van der Waals surface area contributed by atoms with Crippen LogP contribution in [0.3, 0.4) is 0 Å². The van der Waals surface area contributed by atoms with E-state index < -0.39 is 0 Å². The van der Waals surface area contributed by atoms with Gasteiger partial charge in [-0.15, -0.1) is 0 Å². The second-order valence-corrected chi connectivity index (χ2v) is 9.14. The summed E-state index contributed by atoms with van der Waals surface area (Å²) in [6.45, 7) is 11.6. The van der Waals surface area contributed by atoms with Crippen LogP contribution < -0.4 is 5.32 Å². The van der Waals surface area contributed by atoms with Crippen molar-refractivity contribution < 1.29 is 0 Å². The van der Waals surface area contributed by atoms with Gasteiger partial charge >= 0.3 is 0 Å². The Hall–Kier alpha value is -1.59. The molecule has 3 aliphatic rings. The van der Waals surface area contributed by atoms with Crippen LogP contribution in [0.25, 0.3) is 0 Å². The average Bonchev–Trinajstić information content (AvgIpc) is 3.23. The largest absolute Gasteiger partial charge is 0.356 e. The zero-order valence-electron chi connectivity index (χ0n) is 18.4. The quantitative estimate of drug-likeness (QED) is 0.612. The van der Waals surface area contributed by atoms with Gasteiger partial charge in [-0.3, -0.25) is 9.89 Å². The number of hydrogen-bond donors (Lipinski definition) is 1. The fraction of sp³-hybridized carbons (Fsp3) is 0.708. The van der Waals surface area contributed by atoms with Crippen LogP contribution in [0.4, 0.5) is 0 Å². The van der Waals surface area contributed by atoms with Crippen LogP contribution in [0.2, 0.25) is 0 Å². The van der Waals surface area contributed by atoms with Gasteiger partial charge in [-0.2, -0.15) is 0 Å². The number of fused-ring (bicyclic) bond motifs is 1. The van der Waals surface area contributed by atoms with Crippen LogP contribution >= 0.6 is 0 Å². The summed E-state index contributed by atoms with van der Waals surface area (Å²) in [4.78, 5) is 12.5. The molecular weight excluding hydrogens is 358 g/mol. The first kappa shape index (κ1) is 20.7. The third-order valence-electron chi connectivity index (χ3n) is 7.29. The Morgan fingerprint density at radius 1 is 1.07 bits per heavy atom. The first-order chi connectivity index (χ1) is 14.3. The minimum absolute atomic E-state index is 0.728. The summed E-state index contributed by atoms with van der Waals surface area (Å²) in [5, 5.41) is 3.71. The van der Waals surface area contributed by atoms with E-state index in [0.717, 1.165) is 50.0 Å². The van der Waals surface area contributed by atoms with Gasteiger partial charge < -0.3 is 15.1 Å². The molecule has 1 aromatic rings. The summed E-state index contributed by atoms with van der Waals surface area (Å²) in [7, 11) is 1.95. The molecule has 0 amide bonds. The lowest BCUT2D eigenvalue weighted by Gasteiger charge is -2.48. The zero-order valence-corrected chi connectivity index (χ0v) is 18.4. The van der Waals surface area contributed by atoms with Gasteiger partial charge in [-0.1, -0.05) is 37.3 Å². The van der Waals surface area contributed by atoms with Gasteiger partial charge in [0.25, 0.3) is 0 Å². The predicted molar refractivity (Wildman–Crippen MR) is 121 cm³/mol. The SMILES string of the molecule is CCN1CCC(CNC(=NC)N2CCC3C(CCCN3Cc3ccccc3)C2)C1. The number of benzene rings is 1. The molecule has 5 heteroatoms. The van der Waals surface area contributed by atoms with Gasteiger partial charge in [0.1, 0.15) is 0 Å². The number of piperidine rings is 2. The maximum atomic E-state index is 4.64. The highest BCUT2D eigenvalue weighted by Crippen LogP contribution is 2.31. The van der Waals surface area contributed by atoms with E-state index in [0.29, 0.717) is 0 Å². The molecule has 3 heterocycles. The smallest absolute Gasteiger partial charge is 0.193 e. The Balaban J connectivity index is 1.30. The van der Waals surface area contributed by atoms with Crippen molar-refractivity contribution in [3.63, 3.8) is 0 Å². The molecule has 4 rings (SSSR count). The second-order valence-electron chi connectivity index (χ2n) is 9.14. The van der Waals surface area contributed by atoms with Crippen molar-refractivity contribution in [2.75, 3.05) is 52.9 Å². The van der Waals surface area contributed by atoms with E-state index in [1.807, 2.05) is 7.05 Å². The molecule has 1 N–H and O–H groups in total. The summed E-state index contributed by atoms with van der Waals surface area (Å²) in [5.41, 5.74) is 1.45. The van der Waals surface area contributed by atoms with Gasteiger partial charge in [-0.05, 0) is 62.7 Å². The van der Waals surface area contributed by atoms with Crippen LogP contribution in [0, 0.1) is 11.8 Å². The Morgan fingerprint density at radius 3 is 2.69 bits per heavy atom. The number of rotatable bonds is 5. The molecule has 3 aliphatic heterocycles. The molecule has 0 radical (unpaired) electrons. The summed E-state index contributed by atoms with van der Waals surface area (Å²) < 4.78 is 0. The van der Waals surface area contributed by atoms with Crippen molar-refractivity contribution in [1.29, 1.82) is 0 Å². The first-order valence-corrected chi connectivity index (χ1v) is 11.7. The van der Waals surface area contributed by atoms with Crippen LogP contribution in [0.15, 0.2) is 35.3 Å². The maximum absolute atomic E-state index is 4.64. The van der Waals surface area contributed by atoms with E-state index in [1.165, 1.54) is 57.4 Å². The zero-order chi connectivity index (χ0) is 20.1. The van der Waals surface area contributed by atoms with Crippen molar-refractivity contribution in [3.05, 3.63) is 35.9 Å². The molecular formula is C24H39N5. The predicted octanol–water partition coefficient (Wildman–Crippen LogP) is 2.89. The van der Waals surface area contributed by atoms with Crippen molar-refractivity contribution >= 4 is 5.96 Å². The van der Waals surface area contributed by atoms with E-state index in [1.54, 1.807) is 0 Å². The lowest BCUT2D eigenvalue weighted by molar-refractivity contribution is 0.0372. The number of nitrogens with one attached hydrogen (secondary N) is 1. The van der Waals surface area contributed by atoms with Gasteiger partial charge in [0.2, 0.25) is 0 Å². The van der Waals surface area contributed by atoms with Crippen LogP contribution in [0.5, 0.6) is 0 Å². The van der Waals surface area contributed by atoms with E-state index >= 15 is 0 Å². The molecule has 0 aromatic heterocycles. The molecule has 5 nitrogen and oxygen atoms in total.